The minimum atomic E-state index is -3.77. The summed E-state index contributed by atoms with van der Waals surface area (Å²) in [5.74, 6) is -0.0933. The van der Waals surface area contributed by atoms with Gasteiger partial charge in [-0.05, 0) is 36.1 Å². The molecule has 1 N–H and O–H groups in total. The number of methoxy groups -OCH3 is 1. The molecule has 0 aliphatic carbocycles. The molecule has 0 unspecified atom stereocenters. The molecule has 7 nitrogen and oxygen atoms in total. The van der Waals surface area contributed by atoms with E-state index in [-0.39, 0.29) is 35.2 Å². The lowest BCUT2D eigenvalue weighted by molar-refractivity contribution is 0.0729. The van der Waals surface area contributed by atoms with Gasteiger partial charge in [-0.3, -0.25) is 4.79 Å². The summed E-state index contributed by atoms with van der Waals surface area (Å²) in [6.45, 7) is 1.75. The number of benzene rings is 1. The van der Waals surface area contributed by atoms with Gasteiger partial charge >= 0.3 is 0 Å². The van der Waals surface area contributed by atoms with Gasteiger partial charge in [0.15, 0.2) is 0 Å². The zero-order chi connectivity index (χ0) is 19.3. The molecule has 9 heteroatoms. The molecule has 1 aromatic heterocycles. The third-order valence-corrected chi connectivity index (χ3v) is 7.11. The summed E-state index contributed by atoms with van der Waals surface area (Å²) in [7, 11) is -2.36. The summed E-state index contributed by atoms with van der Waals surface area (Å²) in [5.41, 5.74) is 0.286. The topological polar surface area (TPSA) is 84.9 Å². The largest absolute Gasteiger partial charge is 0.495 e. The molecular formula is C18H22N2O5S2. The molecule has 3 rings (SSSR count). The van der Waals surface area contributed by atoms with E-state index in [9.17, 15) is 13.2 Å². The first kappa shape index (κ1) is 19.8. The molecule has 1 amide bonds. The van der Waals surface area contributed by atoms with E-state index in [0.717, 1.165) is 6.42 Å². The Bertz CT molecular complexity index is 875. The van der Waals surface area contributed by atoms with Crippen molar-refractivity contribution < 1.29 is 22.7 Å². The van der Waals surface area contributed by atoms with E-state index in [2.05, 4.69) is 5.32 Å². The number of carbonyl (C=O) groups excluding carboxylic acids is 1. The molecular weight excluding hydrogens is 388 g/mol. The second-order valence-corrected chi connectivity index (χ2v) is 8.91. The third kappa shape index (κ3) is 4.67. The van der Waals surface area contributed by atoms with Crippen molar-refractivity contribution >= 4 is 27.3 Å². The van der Waals surface area contributed by atoms with Crippen LogP contribution in [0.5, 0.6) is 5.75 Å². The fourth-order valence-corrected chi connectivity index (χ4v) is 5.10. The average molecular weight is 411 g/mol. The summed E-state index contributed by atoms with van der Waals surface area (Å²) in [5, 5.41) is 4.82. The first-order valence-electron chi connectivity index (χ1n) is 8.59. The van der Waals surface area contributed by atoms with Gasteiger partial charge in [0.25, 0.3) is 5.91 Å². The van der Waals surface area contributed by atoms with Crippen LogP contribution in [0.3, 0.4) is 0 Å². The Kier molecular flexibility index (Phi) is 6.48. The van der Waals surface area contributed by atoms with Gasteiger partial charge in [-0.1, -0.05) is 6.07 Å². The summed E-state index contributed by atoms with van der Waals surface area (Å²) in [6, 6.07) is 8.44. The standard InChI is InChI=1S/C18H22N2O5S2/c1-24-16-5-4-14(18(21)19-7-6-15-3-2-12-26-15)13-17(16)27(22,23)20-8-10-25-11-9-20/h2-5,12-13H,6-11H2,1H3,(H,19,21). The van der Waals surface area contributed by atoms with Crippen molar-refractivity contribution in [1.29, 1.82) is 0 Å². The molecule has 0 bridgehead atoms. The van der Waals surface area contributed by atoms with Gasteiger partial charge in [-0.25, -0.2) is 8.42 Å². The second kappa shape index (κ2) is 8.83. The molecule has 27 heavy (non-hydrogen) atoms. The summed E-state index contributed by atoms with van der Waals surface area (Å²) < 4.78 is 37.7. The number of morpholine rings is 1. The first-order chi connectivity index (χ1) is 13.0. The molecule has 1 aromatic carbocycles. The van der Waals surface area contributed by atoms with Gasteiger partial charge in [0.1, 0.15) is 10.6 Å². The van der Waals surface area contributed by atoms with Crippen molar-refractivity contribution in [2.75, 3.05) is 40.0 Å². The van der Waals surface area contributed by atoms with E-state index in [1.807, 2.05) is 17.5 Å². The fourth-order valence-electron chi connectivity index (χ4n) is 2.80. The number of carbonyl (C=O) groups is 1. The molecule has 2 heterocycles. The van der Waals surface area contributed by atoms with E-state index in [1.165, 1.54) is 28.4 Å². The highest BCUT2D eigenvalue weighted by atomic mass is 32.2. The van der Waals surface area contributed by atoms with Crippen LogP contribution in [0, 0.1) is 0 Å². The average Bonchev–Trinajstić information content (AvgIpc) is 3.21. The first-order valence-corrected chi connectivity index (χ1v) is 10.9. The number of hydrogen-bond acceptors (Lipinski definition) is 6. The SMILES string of the molecule is COc1ccc(C(=O)NCCc2cccs2)cc1S(=O)(=O)N1CCOCC1. The van der Waals surface area contributed by atoms with E-state index in [1.54, 1.807) is 17.4 Å². The van der Waals surface area contributed by atoms with E-state index in [0.29, 0.717) is 19.8 Å². The lowest BCUT2D eigenvalue weighted by Gasteiger charge is -2.26. The van der Waals surface area contributed by atoms with Crippen molar-refractivity contribution in [3.8, 4) is 5.75 Å². The van der Waals surface area contributed by atoms with Crippen LogP contribution in [0.4, 0.5) is 0 Å². The van der Waals surface area contributed by atoms with E-state index in [4.69, 9.17) is 9.47 Å². The quantitative estimate of drug-likeness (QED) is 0.752. The van der Waals surface area contributed by atoms with Gasteiger partial charge in [-0.2, -0.15) is 4.31 Å². The van der Waals surface area contributed by atoms with Crippen LogP contribution >= 0.6 is 11.3 Å². The van der Waals surface area contributed by atoms with E-state index < -0.39 is 10.0 Å². The van der Waals surface area contributed by atoms with Gasteiger partial charge in [0, 0.05) is 30.1 Å². The Morgan fingerprint density at radius 3 is 2.74 bits per heavy atom. The number of amides is 1. The third-order valence-electron chi connectivity index (χ3n) is 4.25. The van der Waals surface area contributed by atoms with Crippen LogP contribution < -0.4 is 10.1 Å². The summed E-state index contributed by atoms with van der Waals surface area (Å²) in [4.78, 5) is 13.6. The molecule has 1 aliphatic heterocycles. The van der Waals surface area contributed by atoms with Crippen molar-refractivity contribution in [3.63, 3.8) is 0 Å². The highest BCUT2D eigenvalue weighted by molar-refractivity contribution is 7.89. The van der Waals surface area contributed by atoms with Crippen LogP contribution in [0.2, 0.25) is 0 Å². The number of nitrogens with zero attached hydrogens (tertiary/aromatic N) is 1. The maximum absolute atomic E-state index is 13.0. The number of thiophene rings is 1. The molecule has 0 atom stereocenters. The van der Waals surface area contributed by atoms with Crippen molar-refractivity contribution in [3.05, 3.63) is 46.2 Å². The molecule has 0 spiro atoms. The molecule has 1 saturated heterocycles. The lowest BCUT2D eigenvalue weighted by Crippen LogP contribution is -2.40. The monoisotopic (exact) mass is 410 g/mol. The molecule has 2 aromatic rings. The zero-order valence-corrected chi connectivity index (χ0v) is 16.6. The Balaban J connectivity index is 1.77. The summed E-state index contributed by atoms with van der Waals surface area (Å²) in [6.07, 6.45) is 0.735. The Morgan fingerprint density at radius 2 is 2.07 bits per heavy atom. The Morgan fingerprint density at radius 1 is 1.30 bits per heavy atom. The van der Waals surface area contributed by atoms with Crippen LogP contribution in [-0.2, 0) is 21.2 Å². The summed E-state index contributed by atoms with van der Waals surface area (Å²) >= 11 is 1.63. The van der Waals surface area contributed by atoms with Gasteiger partial charge in [0.2, 0.25) is 10.0 Å². The van der Waals surface area contributed by atoms with Crippen LogP contribution in [0.1, 0.15) is 15.2 Å². The van der Waals surface area contributed by atoms with Gasteiger partial charge < -0.3 is 14.8 Å². The number of rotatable bonds is 7. The van der Waals surface area contributed by atoms with Crippen LogP contribution in [0.25, 0.3) is 0 Å². The lowest BCUT2D eigenvalue weighted by atomic mass is 10.2. The predicted molar refractivity (Wildman–Crippen MR) is 103 cm³/mol. The smallest absolute Gasteiger partial charge is 0.251 e. The minimum absolute atomic E-state index is 0.00203. The van der Waals surface area contributed by atoms with Crippen molar-refractivity contribution in [2.45, 2.75) is 11.3 Å². The molecule has 0 radical (unpaired) electrons. The van der Waals surface area contributed by atoms with Gasteiger partial charge in [-0.15, -0.1) is 11.3 Å². The zero-order valence-electron chi connectivity index (χ0n) is 15.0. The normalized spacial score (nSPS) is 15.4. The maximum atomic E-state index is 13.0. The Labute approximate surface area is 163 Å². The Hall–Kier alpha value is -1.94. The fraction of sp³-hybridized carbons (Fsp3) is 0.389. The molecule has 0 saturated carbocycles. The highest BCUT2D eigenvalue weighted by Gasteiger charge is 2.30. The maximum Gasteiger partial charge on any atom is 0.251 e. The number of hydrogen-bond donors (Lipinski definition) is 1. The predicted octanol–water partition coefficient (Wildman–Crippen LogP) is 1.75. The minimum Gasteiger partial charge on any atom is -0.495 e. The molecule has 146 valence electrons. The highest BCUT2D eigenvalue weighted by Crippen LogP contribution is 2.28. The van der Waals surface area contributed by atoms with Crippen LogP contribution in [0.15, 0.2) is 40.6 Å². The number of nitrogens with one attached hydrogen (secondary N) is 1. The van der Waals surface area contributed by atoms with Crippen molar-refractivity contribution in [2.24, 2.45) is 0 Å². The number of sulfonamides is 1. The van der Waals surface area contributed by atoms with E-state index >= 15 is 0 Å². The second-order valence-electron chi connectivity index (χ2n) is 5.97. The molecule has 1 aliphatic rings. The van der Waals surface area contributed by atoms with Crippen molar-refractivity contribution in [1.82, 2.24) is 9.62 Å². The molecule has 1 fully saturated rings. The van der Waals surface area contributed by atoms with Crippen LogP contribution in [-0.4, -0.2) is 58.6 Å². The van der Waals surface area contributed by atoms with Gasteiger partial charge in [0.05, 0.1) is 20.3 Å². The number of ether oxygens (including phenoxy) is 2.